The number of nitrogens with zero attached hydrogens (tertiary/aromatic N) is 1. The van der Waals surface area contributed by atoms with Crippen molar-refractivity contribution < 1.29 is 5.11 Å². The average Bonchev–Trinajstić information content (AvgIpc) is 2.98. The van der Waals surface area contributed by atoms with Gasteiger partial charge in [0.25, 0.3) is 0 Å². The highest BCUT2D eigenvalue weighted by Crippen LogP contribution is 2.28. The Kier molecular flexibility index (Phi) is 4.04. The van der Waals surface area contributed by atoms with Crippen LogP contribution in [-0.2, 0) is 6.42 Å². The molecule has 3 rings (SSSR count). The predicted molar refractivity (Wildman–Crippen MR) is 84.1 cm³/mol. The first-order valence-electron chi connectivity index (χ1n) is 6.75. The number of aromatic nitrogens is 2. The zero-order valence-electron chi connectivity index (χ0n) is 11.3. The Morgan fingerprint density at radius 3 is 2.67 bits per heavy atom. The molecule has 0 aliphatic rings. The van der Waals surface area contributed by atoms with E-state index in [0.717, 1.165) is 22.4 Å². The van der Waals surface area contributed by atoms with E-state index in [1.54, 1.807) is 6.20 Å². The number of hydrogen-bond donors (Lipinski definition) is 2. The fourth-order valence-electron chi connectivity index (χ4n) is 2.38. The van der Waals surface area contributed by atoms with Gasteiger partial charge in [0, 0.05) is 17.0 Å². The van der Waals surface area contributed by atoms with E-state index in [9.17, 15) is 5.11 Å². The minimum absolute atomic E-state index is 0.500. The van der Waals surface area contributed by atoms with E-state index < -0.39 is 6.10 Å². The van der Waals surface area contributed by atoms with E-state index in [2.05, 4.69) is 10.2 Å². The van der Waals surface area contributed by atoms with E-state index in [4.69, 9.17) is 11.6 Å². The molecule has 0 spiro atoms. The summed E-state index contributed by atoms with van der Waals surface area (Å²) in [5.41, 5.74) is 3.65. The van der Waals surface area contributed by atoms with Crippen LogP contribution in [0.3, 0.4) is 0 Å². The number of aliphatic hydroxyl groups excluding tert-OH is 1. The Bertz CT molecular complexity index is 724. The van der Waals surface area contributed by atoms with Gasteiger partial charge in [0.05, 0.1) is 18.0 Å². The first-order chi connectivity index (χ1) is 10.2. The van der Waals surface area contributed by atoms with Crippen molar-refractivity contribution in [1.82, 2.24) is 10.2 Å². The third-order valence-corrected chi connectivity index (χ3v) is 3.64. The summed E-state index contributed by atoms with van der Waals surface area (Å²) in [7, 11) is 0. The lowest BCUT2D eigenvalue weighted by Crippen LogP contribution is -2.02. The molecule has 1 heterocycles. The highest BCUT2D eigenvalue weighted by Gasteiger charge is 2.16. The average molecular weight is 299 g/mol. The van der Waals surface area contributed by atoms with Crippen LogP contribution in [0.25, 0.3) is 11.3 Å². The molecule has 2 aromatic carbocycles. The Hall–Kier alpha value is -2.10. The topological polar surface area (TPSA) is 48.9 Å². The van der Waals surface area contributed by atoms with E-state index in [-0.39, 0.29) is 0 Å². The van der Waals surface area contributed by atoms with Crippen LogP contribution in [0.1, 0.15) is 17.2 Å². The Labute approximate surface area is 128 Å². The van der Waals surface area contributed by atoms with Crippen molar-refractivity contribution in [1.29, 1.82) is 0 Å². The van der Waals surface area contributed by atoms with Crippen LogP contribution in [0.4, 0.5) is 0 Å². The molecule has 0 aliphatic heterocycles. The first kappa shape index (κ1) is 13.9. The molecule has 0 amide bonds. The zero-order valence-corrected chi connectivity index (χ0v) is 12.1. The molecule has 1 aromatic heterocycles. The molecule has 1 atom stereocenters. The Balaban J connectivity index is 1.86. The lowest BCUT2D eigenvalue weighted by molar-refractivity contribution is 0.179. The third kappa shape index (κ3) is 3.15. The number of halogens is 1. The molecule has 0 bridgehead atoms. The number of nitrogens with one attached hydrogen (secondary N) is 1. The van der Waals surface area contributed by atoms with Crippen molar-refractivity contribution in [3.8, 4) is 11.3 Å². The van der Waals surface area contributed by atoms with Gasteiger partial charge in [0.15, 0.2) is 0 Å². The maximum absolute atomic E-state index is 10.5. The van der Waals surface area contributed by atoms with Crippen LogP contribution in [0.2, 0.25) is 5.02 Å². The second-order valence-electron chi connectivity index (χ2n) is 4.92. The summed E-state index contributed by atoms with van der Waals surface area (Å²) in [6.45, 7) is 0. The van der Waals surface area contributed by atoms with Gasteiger partial charge in [-0.2, -0.15) is 5.10 Å². The number of hydrogen-bond acceptors (Lipinski definition) is 2. The number of rotatable bonds is 4. The summed E-state index contributed by atoms with van der Waals surface area (Å²) < 4.78 is 0. The monoisotopic (exact) mass is 298 g/mol. The van der Waals surface area contributed by atoms with Gasteiger partial charge in [-0.15, -0.1) is 0 Å². The van der Waals surface area contributed by atoms with Gasteiger partial charge < -0.3 is 5.11 Å². The molecule has 4 heteroatoms. The summed E-state index contributed by atoms with van der Waals surface area (Å²) in [6.07, 6.45) is 1.55. The second kappa shape index (κ2) is 6.12. The molecular formula is C17H15ClN2O. The first-order valence-corrected chi connectivity index (χ1v) is 7.13. The zero-order chi connectivity index (χ0) is 14.7. The summed E-state index contributed by atoms with van der Waals surface area (Å²) in [6, 6.07) is 17.4. The van der Waals surface area contributed by atoms with Crippen LogP contribution >= 0.6 is 11.6 Å². The number of benzene rings is 2. The standard InChI is InChI=1S/C17H15ClN2O/c18-14-8-4-5-12(9-14)10-16(21)15-11-19-20-17(15)13-6-2-1-3-7-13/h1-9,11,16,21H,10H2,(H,19,20). The molecule has 106 valence electrons. The van der Waals surface area contributed by atoms with Crippen LogP contribution in [0.5, 0.6) is 0 Å². The quantitative estimate of drug-likeness (QED) is 0.764. The van der Waals surface area contributed by atoms with Crippen molar-refractivity contribution >= 4 is 11.6 Å². The lowest BCUT2D eigenvalue weighted by atomic mass is 9.99. The number of aromatic amines is 1. The van der Waals surface area contributed by atoms with E-state index in [0.29, 0.717) is 11.4 Å². The summed E-state index contributed by atoms with van der Waals surface area (Å²) in [4.78, 5) is 0. The molecule has 0 fully saturated rings. The molecule has 0 saturated heterocycles. The van der Waals surface area contributed by atoms with Gasteiger partial charge in [-0.1, -0.05) is 54.1 Å². The number of aliphatic hydroxyl groups is 1. The normalized spacial score (nSPS) is 12.3. The smallest absolute Gasteiger partial charge is 0.0867 e. The van der Waals surface area contributed by atoms with Crippen LogP contribution in [0.15, 0.2) is 60.8 Å². The van der Waals surface area contributed by atoms with Crippen LogP contribution < -0.4 is 0 Å². The largest absolute Gasteiger partial charge is 0.388 e. The second-order valence-corrected chi connectivity index (χ2v) is 5.35. The third-order valence-electron chi connectivity index (χ3n) is 3.41. The van der Waals surface area contributed by atoms with Gasteiger partial charge in [0.2, 0.25) is 0 Å². The summed E-state index contributed by atoms with van der Waals surface area (Å²) in [5, 5.41) is 18.2. The van der Waals surface area contributed by atoms with Gasteiger partial charge in [-0.3, -0.25) is 5.10 Å². The molecule has 1 unspecified atom stereocenters. The molecule has 0 saturated carbocycles. The van der Waals surface area contributed by atoms with E-state index >= 15 is 0 Å². The predicted octanol–water partition coefficient (Wildman–Crippen LogP) is 4.01. The lowest BCUT2D eigenvalue weighted by Gasteiger charge is -2.11. The van der Waals surface area contributed by atoms with Crippen molar-refractivity contribution in [3.05, 3.63) is 76.9 Å². The van der Waals surface area contributed by atoms with Crippen molar-refractivity contribution in [3.63, 3.8) is 0 Å². The minimum atomic E-state index is -0.627. The maximum atomic E-state index is 10.5. The van der Waals surface area contributed by atoms with Gasteiger partial charge in [-0.05, 0) is 23.3 Å². The highest BCUT2D eigenvalue weighted by molar-refractivity contribution is 6.30. The minimum Gasteiger partial charge on any atom is -0.388 e. The van der Waals surface area contributed by atoms with Crippen LogP contribution in [0, 0.1) is 0 Å². The summed E-state index contributed by atoms with van der Waals surface area (Å²) in [5.74, 6) is 0. The molecular weight excluding hydrogens is 284 g/mol. The molecule has 3 aromatic rings. The van der Waals surface area contributed by atoms with Gasteiger partial charge in [0.1, 0.15) is 0 Å². The van der Waals surface area contributed by atoms with Gasteiger partial charge >= 0.3 is 0 Å². The fourth-order valence-corrected chi connectivity index (χ4v) is 2.59. The van der Waals surface area contributed by atoms with Crippen molar-refractivity contribution in [2.75, 3.05) is 0 Å². The van der Waals surface area contributed by atoms with Crippen molar-refractivity contribution in [2.24, 2.45) is 0 Å². The maximum Gasteiger partial charge on any atom is 0.0867 e. The SMILES string of the molecule is OC(Cc1cccc(Cl)c1)c1cn[nH]c1-c1ccccc1. The Morgan fingerprint density at radius 2 is 1.90 bits per heavy atom. The molecule has 3 nitrogen and oxygen atoms in total. The van der Waals surface area contributed by atoms with E-state index in [1.807, 2.05) is 54.6 Å². The molecule has 0 radical (unpaired) electrons. The molecule has 2 N–H and O–H groups in total. The van der Waals surface area contributed by atoms with E-state index in [1.165, 1.54) is 0 Å². The number of H-pyrrole nitrogens is 1. The van der Waals surface area contributed by atoms with Crippen LogP contribution in [-0.4, -0.2) is 15.3 Å². The van der Waals surface area contributed by atoms with Gasteiger partial charge in [-0.25, -0.2) is 0 Å². The molecule has 0 aliphatic carbocycles. The molecule has 21 heavy (non-hydrogen) atoms. The van der Waals surface area contributed by atoms with Crippen molar-refractivity contribution in [2.45, 2.75) is 12.5 Å². The Morgan fingerprint density at radius 1 is 1.10 bits per heavy atom. The fraction of sp³-hybridized carbons (Fsp3) is 0.118. The highest BCUT2D eigenvalue weighted by atomic mass is 35.5. The summed E-state index contributed by atoms with van der Waals surface area (Å²) >= 11 is 5.98.